The van der Waals surface area contributed by atoms with Crippen LogP contribution >= 0.6 is 23.2 Å². The summed E-state index contributed by atoms with van der Waals surface area (Å²) < 4.78 is 0. The third-order valence-corrected chi connectivity index (χ3v) is 3.75. The summed E-state index contributed by atoms with van der Waals surface area (Å²) in [4.78, 5) is 11.8. The van der Waals surface area contributed by atoms with Crippen LogP contribution in [0, 0.1) is 5.92 Å². The highest BCUT2D eigenvalue weighted by Crippen LogP contribution is 2.22. The molecule has 3 N–H and O–H groups in total. The molecule has 1 aromatic carbocycles. The molecule has 0 aromatic heterocycles. The Morgan fingerprint density at radius 3 is 2.61 bits per heavy atom. The third kappa shape index (κ3) is 4.16. The van der Waals surface area contributed by atoms with Crippen molar-refractivity contribution in [3.05, 3.63) is 33.8 Å². The van der Waals surface area contributed by atoms with Gasteiger partial charge >= 0.3 is 0 Å². The van der Waals surface area contributed by atoms with Gasteiger partial charge in [0.15, 0.2) is 0 Å². The summed E-state index contributed by atoms with van der Waals surface area (Å²) in [7, 11) is 0. The monoisotopic (exact) mass is 288 g/mol. The first-order chi connectivity index (χ1) is 8.45. The van der Waals surface area contributed by atoms with E-state index in [1.165, 1.54) is 0 Å². The van der Waals surface area contributed by atoms with Crippen LogP contribution in [0.15, 0.2) is 18.2 Å². The Kier molecular flexibility index (Phi) is 5.93. The van der Waals surface area contributed by atoms with E-state index in [2.05, 4.69) is 5.32 Å². The lowest BCUT2D eigenvalue weighted by Gasteiger charge is -2.17. The summed E-state index contributed by atoms with van der Waals surface area (Å²) in [5.41, 5.74) is 6.73. The molecule has 5 heteroatoms. The van der Waals surface area contributed by atoms with Gasteiger partial charge in [-0.1, -0.05) is 49.5 Å². The Labute approximate surface area is 118 Å². The number of halogens is 2. The molecule has 0 spiro atoms. The van der Waals surface area contributed by atoms with E-state index >= 15 is 0 Å². The molecule has 1 aromatic rings. The van der Waals surface area contributed by atoms with E-state index in [4.69, 9.17) is 28.9 Å². The van der Waals surface area contributed by atoms with Crippen LogP contribution < -0.4 is 11.1 Å². The van der Waals surface area contributed by atoms with Crippen LogP contribution in [-0.4, -0.2) is 11.9 Å². The number of carbonyl (C=O) groups is 1. The zero-order valence-corrected chi connectivity index (χ0v) is 12.1. The summed E-state index contributed by atoms with van der Waals surface area (Å²) >= 11 is 11.7. The first-order valence-corrected chi connectivity index (χ1v) is 6.68. The van der Waals surface area contributed by atoms with Crippen LogP contribution in [0.2, 0.25) is 10.0 Å². The van der Waals surface area contributed by atoms with Gasteiger partial charge < -0.3 is 11.1 Å². The summed E-state index contributed by atoms with van der Waals surface area (Å²) in [6.45, 7) is 4.38. The van der Waals surface area contributed by atoms with Gasteiger partial charge in [0.05, 0.1) is 16.1 Å². The lowest BCUT2D eigenvalue weighted by molar-refractivity contribution is -0.123. The fraction of sp³-hybridized carbons (Fsp3) is 0.462. The molecule has 18 heavy (non-hydrogen) atoms. The van der Waals surface area contributed by atoms with E-state index in [1.807, 2.05) is 19.9 Å². The third-order valence-electron chi connectivity index (χ3n) is 3.01. The number of hydrogen-bond acceptors (Lipinski definition) is 2. The van der Waals surface area contributed by atoms with Crippen LogP contribution in [0.4, 0.5) is 0 Å². The van der Waals surface area contributed by atoms with Crippen molar-refractivity contribution in [2.75, 3.05) is 0 Å². The topological polar surface area (TPSA) is 55.1 Å². The molecule has 0 saturated carbocycles. The van der Waals surface area contributed by atoms with Crippen molar-refractivity contribution >= 4 is 29.1 Å². The maximum absolute atomic E-state index is 11.8. The van der Waals surface area contributed by atoms with Crippen molar-refractivity contribution in [3.63, 3.8) is 0 Å². The minimum absolute atomic E-state index is 0.143. The molecular formula is C13H18Cl2N2O. The second-order valence-electron chi connectivity index (χ2n) is 4.38. The molecule has 0 aliphatic heterocycles. The smallest absolute Gasteiger partial charge is 0.237 e. The van der Waals surface area contributed by atoms with Crippen LogP contribution in [-0.2, 0) is 11.3 Å². The van der Waals surface area contributed by atoms with Gasteiger partial charge in [0.25, 0.3) is 0 Å². The van der Waals surface area contributed by atoms with E-state index in [1.54, 1.807) is 12.1 Å². The molecule has 0 saturated heterocycles. The molecule has 0 bridgehead atoms. The molecule has 0 aliphatic carbocycles. The van der Waals surface area contributed by atoms with Crippen molar-refractivity contribution in [2.45, 2.75) is 32.9 Å². The highest BCUT2D eigenvalue weighted by Gasteiger charge is 2.18. The zero-order chi connectivity index (χ0) is 13.7. The Morgan fingerprint density at radius 1 is 1.39 bits per heavy atom. The Hall–Kier alpha value is -0.770. The highest BCUT2D eigenvalue weighted by molar-refractivity contribution is 6.42. The predicted molar refractivity (Wildman–Crippen MR) is 75.7 cm³/mol. The fourth-order valence-corrected chi connectivity index (χ4v) is 1.79. The van der Waals surface area contributed by atoms with Crippen molar-refractivity contribution in [2.24, 2.45) is 11.7 Å². The molecule has 0 unspecified atom stereocenters. The van der Waals surface area contributed by atoms with Gasteiger partial charge in [-0.3, -0.25) is 4.79 Å². The molecule has 0 aliphatic rings. The van der Waals surface area contributed by atoms with E-state index in [0.29, 0.717) is 16.6 Å². The first kappa shape index (κ1) is 15.3. The number of hydrogen-bond donors (Lipinski definition) is 2. The summed E-state index contributed by atoms with van der Waals surface area (Å²) in [6.07, 6.45) is 0.876. The van der Waals surface area contributed by atoms with Crippen molar-refractivity contribution in [1.82, 2.24) is 5.32 Å². The molecule has 1 rings (SSSR count). The highest BCUT2D eigenvalue weighted by atomic mass is 35.5. The van der Waals surface area contributed by atoms with Crippen LogP contribution in [0.3, 0.4) is 0 Å². The van der Waals surface area contributed by atoms with Gasteiger partial charge in [-0.15, -0.1) is 0 Å². The van der Waals surface area contributed by atoms with Crippen molar-refractivity contribution < 1.29 is 4.79 Å². The van der Waals surface area contributed by atoms with E-state index < -0.39 is 6.04 Å². The van der Waals surface area contributed by atoms with E-state index in [9.17, 15) is 4.79 Å². The number of nitrogens with two attached hydrogens (primary N) is 1. The number of rotatable bonds is 5. The molecule has 1 amide bonds. The maximum Gasteiger partial charge on any atom is 0.237 e. The largest absolute Gasteiger partial charge is 0.351 e. The summed E-state index contributed by atoms with van der Waals surface area (Å²) in [5.74, 6) is 0.0224. The lowest BCUT2D eigenvalue weighted by atomic mass is 9.99. The standard InChI is InChI=1S/C13H18Cl2N2O/c1-3-8(2)12(16)13(18)17-7-9-4-5-10(14)11(15)6-9/h4-6,8,12H,3,7,16H2,1-2H3,(H,17,18)/t8-,12-/m0/s1. The van der Waals surface area contributed by atoms with Gasteiger partial charge in [-0.25, -0.2) is 0 Å². The predicted octanol–water partition coefficient (Wildman–Crippen LogP) is 2.98. The Morgan fingerprint density at radius 2 is 2.06 bits per heavy atom. The minimum atomic E-state index is -0.474. The number of amides is 1. The molecule has 2 atom stereocenters. The quantitative estimate of drug-likeness (QED) is 0.875. The van der Waals surface area contributed by atoms with E-state index in [0.717, 1.165) is 12.0 Å². The molecule has 100 valence electrons. The molecule has 0 radical (unpaired) electrons. The normalized spacial score (nSPS) is 14.1. The van der Waals surface area contributed by atoms with Gasteiger partial charge in [-0.05, 0) is 23.6 Å². The summed E-state index contributed by atoms with van der Waals surface area (Å²) in [5, 5.41) is 3.78. The molecule has 0 heterocycles. The number of carbonyl (C=O) groups excluding carboxylic acids is 1. The van der Waals surface area contributed by atoms with Gasteiger partial charge in [-0.2, -0.15) is 0 Å². The number of benzene rings is 1. The maximum atomic E-state index is 11.8. The Balaban J connectivity index is 2.54. The number of nitrogens with one attached hydrogen (secondary N) is 1. The van der Waals surface area contributed by atoms with Crippen molar-refractivity contribution in [3.8, 4) is 0 Å². The van der Waals surface area contributed by atoms with E-state index in [-0.39, 0.29) is 11.8 Å². The SMILES string of the molecule is CC[C@H](C)[C@H](N)C(=O)NCc1ccc(Cl)c(Cl)c1. The second-order valence-corrected chi connectivity index (χ2v) is 5.19. The average molecular weight is 289 g/mol. The molecular weight excluding hydrogens is 271 g/mol. The summed E-state index contributed by atoms with van der Waals surface area (Å²) in [6, 6.07) is 4.79. The average Bonchev–Trinajstić information content (AvgIpc) is 2.37. The van der Waals surface area contributed by atoms with Gasteiger partial charge in [0.1, 0.15) is 0 Å². The van der Waals surface area contributed by atoms with Crippen molar-refractivity contribution in [1.29, 1.82) is 0 Å². The first-order valence-electron chi connectivity index (χ1n) is 5.93. The minimum Gasteiger partial charge on any atom is -0.351 e. The fourth-order valence-electron chi connectivity index (χ4n) is 1.47. The van der Waals surface area contributed by atoms with Crippen LogP contribution in [0.5, 0.6) is 0 Å². The molecule has 0 fully saturated rings. The van der Waals surface area contributed by atoms with Crippen LogP contribution in [0.25, 0.3) is 0 Å². The Bertz CT molecular complexity index is 423. The molecule has 3 nitrogen and oxygen atoms in total. The zero-order valence-electron chi connectivity index (χ0n) is 10.5. The van der Waals surface area contributed by atoms with Gasteiger partial charge in [0.2, 0.25) is 5.91 Å². The lowest BCUT2D eigenvalue weighted by Crippen LogP contribution is -2.44. The second kappa shape index (κ2) is 6.98. The van der Waals surface area contributed by atoms with Crippen LogP contribution in [0.1, 0.15) is 25.8 Å². The van der Waals surface area contributed by atoms with Gasteiger partial charge in [0, 0.05) is 6.54 Å².